The predicted molar refractivity (Wildman–Crippen MR) is 123 cm³/mol. The van der Waals surface area contributed by atoms with E-state index in [1.54, 1.807) is 0 Å². The van der Waals surface area contributed by atoms with Crippen LogP contribution in [0.3, 0.4) is 0 Å². The van der Waals surface area contributed by atoms with Crippen LogP contribution in [0, 0.1) is 6.92 Å². The van der Waals surface area contributed by atoms with Crippen LogP contribution in [-0.2, 0) is 9.47 Å². The number of carbonyl (C=O) groups excluding carboxylic acids is 1. The lowest BCUT2D eigenvalue weighted by Crippen LogP contribution is -2.32. The molecule has 0 radical (unpaired) electrons. The van der Waals surface area contributed by atoms with Crippen LogP contribution in [0.5, 0.6) is 0 Å². The van der Waals surface area contributed by atoms with Crippen molar-refractivity contribution in [3.05, 3.63) is 101 Å². The molecule has 1 aliphatic heterocycles. The fourth-order valence-corrected chi connectivity index (χ4v) is 4.40. The molecule has 3 aromatic rings. The Morgan fingerprint density at radius 3 is 2.26 bits per heavy atom. The Kier molecular flexibility index (Phi) is 6.50. The second-order valence-corrected chi connectivity index (χ2v) is 7.78. The van der Waals surface area contributed by atoms with Crippen LogP contribution < -0.4 is 5.32 Å². The molecule has 0 fully saturated rings. The average Bonchev–Trinajstić information content (AvgIpc) is 2.79. The zero-order valence-corrected chi connectivity index (χ0v) is 18.3. The second-order valence-electron chi connectivity index (χ2n) is 7.78. The van der Waals surface area contributed by atoms with Crippen molar-refractivity contribution >= 4 is 11.5 Å². The molecule has 31 heavy (non-hydrogen) atoms. The summed E-state index contributed by atoms with van der Waals surface area (Å²) >= 11 is 0. The molecule has 0 aliphatic carbocycles. The zero-order valence-electron chi connectivity index (χ0n) is 18.3. The van der Waals surface area contributed by atoms with Gasteiger partial charge in [0.15, 0.2) is 12.1 Å². The Morgan fingerprint density at radius 1 is 0.871 bits per heavy atom. The van der Waals surface area contributed by atoms with Gasteiger partial charge in [0.05, 0.1) is 12.0 Å². The molecule has 1 N–H and O–H groups in total. The van der Waals surface area contributed by atoms with Gasteiger partial charge in [-0.3, -0.25) is 4.79 Å². The molecule has 160 valence electrons. The Balaban J connectivity index is 1.80. The summed E-state index contributed by atoms with van der Waals surface area (Å²) in [5.74, 6) is -0.165. The molecule has 1 heterocycles. The molecule has 3 aromatic carbocycles. The first-order valence-corrected chi connectivity index (χ1v) is 10.9. The fourth-order valence-electron chi connectivity index (χ4n) is 4.40. The summed E-state index contributed by atoms with van der Waals surface area (Å²) in [6.45, 7) is 7.04. The number of rotatable bonds is 7. The molecule has 4 nitrogen and oxygen atoms in total. The number of benzene rings is 3. The minimum atomic E-state index is -0.418. The van der Waals surface area contributed by atoms with Gasteiger partial charge in [0.2, 0.25) is 0 Å². The van der Waals surface area contributed by atoms with Gasteiger partial charge < -0.3 is 14.8 Å². The lowest BCUT2D eigenvalue weighted by molar-refractivity contribution is -0.140. The third-order valence-electron chi connectivity index (χ3n) is 5.78. The maximum atomic E-state index is 13.8. The number of fused-ring (bicyclic) bond motifs is 1. The van der Waals surface area contributed by atoms with E-state index < -0.39 is 6.29 Å². The predicted octanol–water partition coefficient (Wildman–Crippen LogP) is 6.20. The monoisotopic (exact) mass is 415 g/mol. The average molecular weight is 416 g/mol. The summed E-state index contributed by atoms with van der Waals surface area (Å²) in [6.07, 6.45) is -0.418. The highest BCUT2D eigenvalue weighted by Crippen LogP contribution is 2.43. The highest BCUT2D eigenvalue weighted by Gasteiger charge is 2.38. The molecule has 0 saturated carbocycles. The molecule has 0 aromatic heterocycles. The van der Waals surface area contributed by atoms with Crippen molar-refractivity contribution in [2.24, 2.45) is 0 Å². The van der Waals surface area contributed by atoms with Crippen LogP contribution in [0.4, 0.5) is 5.69 Å². The van der Waals surface area contributed by atoms with E-state index in [9.17, 15) is 4.79 Å². The molecule has 0 spiro atoms. The summed E-state index contributed by atoms with van der Waals surface area (Å²) in [7, 11) is 0. The first-order chi connectivity index (χ1) is 15.1. The van der Waals surface area contributed by atoms with Crippen molar-refractivity contribution in [2.75, 3.05) is 18.5 Å². The number of hydrogen-bond acceptors (Lipinski definition) is 4. The molecule has 0 amide bonds. The van der Waals surface area contributed by atoms with E-state index in [0.29, 0.717) is 13.2 Å². The lowest BCUT2D eigenvalue weighted by atomic mass is 9.77. The van der Waals surface area contributed by atoms with Crippen molar-refractivity contribution in [2.45, 2.75) is 39.0 Å². The van der Waals surface area contributed by atoms with Gasteiger partial charge >= 0.3 is 0 Å². The number of anilines is 1. The molecule has 1 aliphatic rings. The van der Waals surface area contributed by atoms with Crippen molar-refractivity contribution < 1.29 is 14.3 Å². The maximum Gasteiger partial charge on any atom is 0.183 e. The van der Waals surface area contributed by atoms with Crippen LogP contribution in [0.2, 0.25) is 0 Å². The van der Waals surface area contributed by atoms with Gasteiger partial charge in [-0.15, -0.1) is 0 Å². The second kappa shape index (κ2) is 9.46. The standard InChI is InChI=1S/C27H29NO3/c1-4-30-27(31-5-2)21-15-10-14-20(17-21)25-24(19-12-7-6-8-13-19)26(29)23-18(3)11-9-16-22(23)28-25/h6-17,24-25,27-28H,4-5H2,1-3H3. The number of Topliss-reactive ketones (excluding diaryl/α,β-unsaturated/α-hetero) is 1. The van der Waals surface area contributed by atoms with Crippen molar-refractivity contribution in [1.29, 1.82) is 0 Å². The largest absolute Gasteiger partial charge is 0.377 e. The normalized spacial score (nSPS) is 18.0. The van der Waals surface area contributed by atoms with Gasteiger partial charge in [-0.25, -0.2) is 0 Å². The molecule has 4 heteroatoms. The van der Waals surface area contributed by atoms with Crippen molar-refractivity contribution in [3.8, 4) is 0 Å². The van der Waals surface area contributed by atoms with E-state index in [2.05, 4.69) is 17.4 Å². The minimum absolute atomic E-state index is 0.152. The molecule has 4 rings (SSSR count). The highest BCUT2D eigenvalue weighted by atomic mass is 16.7. The lowest BCUT2D eigenvalue weighted by Gasteiger charge is -2.35. The Bertz CT molecular complexity index is 1040. The van der Waals surface area contributed by atoms with Gasteiger partial charge in [-0.1, -0.05) is 60.7 Å². The summed E-state index contributed by atoms with van der Waals surface area (Å²) in [4.78, 5) is 13.8. The number of ether oxygens (including phenoxy) is 2. The quantitative estimate of drug-likeness (QED) is 0.467. The van der Waals surface area contributed by atoms with Crippen LogP contribution in [0.25, 0.3) is 0 Å². The summed E-state index contributed by atoms with van der Waals surface area (Å²) in [5.41, 5.74) is 5.67. The molecular weight excluding hydrogens is 386 g/mol. The van der Waals surface area contributed by atoms with Crippen LogP contribution >= 0.6 is 0 Å². The van der Waals surface area contributed by atoms with Gasteiger partial charge in [0, 0.05) is 30.0 Å². The van der Waals surface area contributed by atoms with E-state index in [1.165, 1.54) is 0 Å². The van der Waals surface area contributed by atoms with E-state index in [-0.39, 0.29) is 17.7 Å². The fraction of sp³-hybridized carbons (Fsp3) is 0.296. The zero-order chi connectivity index (χ0) is 21.8. The van der Waals surface area contributed by atoms with Crippen LogP contribution in [-0.4, -0.2) is 19.0 Å². The molecule has 2 unspecified atom stereocenters. The Morgan fingerprint density at radius 2 is 1.55 bits per heavy atom. The van der Waals surface area contributed by atoms with Crippen LogP contribution in [0.15, 0.2) is 72.8 Å². The van der Waals surface area contributed by atoms with E-state index >= 15 is 0 Å². The van der Waals surface area contributed by atoms with Gasteiger partial charge in [0.25, 0.3) is 0 Å². The third kappa shape index (κ3) is 4.27. The van der Waals surface area contributed by atoms with Crippen molar-refractivity contribution in [3.63, 3.8) is 0 Å². The number of aryl methyl sites for hydroxylation is 1. The molecular formula is C27H29NO3. The smallest absolute Gasteiger partial charge is 0.183 e. The number of hydrogen-bond donors (Lipinski definition) is 1. The SMILES string of the molecule is CCOC(OCC)c1cccc(C2Nc3cccc(C)c3C(=O)C2c2ccccc2)c1. The molecule has 0 bridgehead atoms. The first kappa shape index (κ1) is 21.3. The molecule has 0 saturated heterocycles. The summed E-state index contributed by atoms with van der Waals surface area (Å²) < 4.78 is 11.6. The Hall–Kier alpha value is -2.95. The number of nitrogens with one attached hydrogen (secondary N) is 1. The molecule has 2 atom stereocenters. The highest BCUT2D eigenvalue weighted by molar-refractivity contribution is 6.09. The van der Waals surface area contributed by atoms with E-state index in [4.69, 9.17) is 9.47 Å². The van der Waals surface area contributed by atoms with Gasteiger partial charge in [-0.05, 0) is 49.6 Å². The summed E-state index contributed by atoms with van der Waals surface area (Å²) in [5, 5.41) is 3.66. The summed E-state index contributed by atoms with van der Waals surface area (Å²) in [6, 6.07) is 24.0. The minimum Gasteiger partial charge on any atom is -0.377 e. The van der Waals surface area contributed by atoms with Crippen LogP contribution in [0.1, 0.15) is 64.7 Å². The van der Waals surface area contributed by atoms with Crippen molar-refractivity contribution in [1.82, 2.24) is 0 Å². The first-order valence-electron chi connectivity index (χ1n) is 10.9. The van der Waals surface area contributed by atoms with E-state index in [1.807, 2.05) is 81.4 Å². The van der Waals surface area contributed by atoms with E-state index in [0.717, 1.165) is 33.5 Å². The number of ketones is 1. The Labute approximate surface area is 184 Å². The maximum absolute atomic E-state index is 13.8. The topological polar surface area (TPSA) is 47.6 Å². The number of carbonyl (C=O) groups is 1. The van der Waals surface area contributed by atoms with Gasteiger partial charge in [0.1, 0.15) is 0 Å². The third-order valence-corrected chi connectivity index (χ3v) is 5.78. The van der Waals surface area contributed by atoms with Gasteiger partial charge in [-0.2, -0.15) is 0 Å².